The predicted octanol–water partition coefficient (Wildman–Crippen LogP) is 1.96. The van der Waals surface area contributed by atoms with Gasteiger partial charge in [-0.2, -0.15) is 0 Å². The number of carbonyl (C=O) groups is 2. The summed E-state index contributed by atoms with van der Waals surface area (Å²) in [6.07, 6.45) is 4.08. The number of likely N-dealkylation sites (N-methyl/N-ethyl adjacent to an activating group) is 1. The molecule has 0 unspecified atom stereocenters. The lowest BCUT2D eigenvalue weighted by molar-refractivity contribution is -0.140. The van der Waals surface area contributed by atoms with E-state index in [-0.39, 0.29) is 24.1 Å². The second-order valence-corrected chi connectivity index (χ2v) is 6.94. The molecule has 0 saturated carbocycles. The summed E-state index contributed by atoms with van der Waals surface area (Å²) in [6.45, 7) is 3.02. The summed E-state index contributed by atoms with van der Waals surface area (Å²) in [7, 11) is 1.73. The van der Waals surface area contributed by atoms with E-state index < -0.39 is 0 Å². The highest BCUT2D eigenvalue weighted by Crippen LogP contribution is 2.17. The molecule has 2 aromatic rings. The molecule has 1 fully saturated rings. The van der Waals surface area contributed by atoms with Crippen LogP contribution in [0.5, 0.6) is 0 Å². The van der Waals surface area contributed by atoms with Gasteiger partial charge in [0, 0.05) is 57.9 Å². The van der Waals surface area contributed by atoms with Crippen molar-refractivity contribution in [2.75, 3.05) is 44.7 Å². The Morgan fingerprint density at radius 2 is 1.68 bits per heavy atom. The Labute approximate surface area is 164 Å². The van der Waals surface area contributed by atoms with Crippen LogP contribution in [0.3, 0.4) is 0 Å². The standard InChI is InChI=1S/C21H25FN4O2/c1-24(11-8-17-6-9-23-10-7-17)20(27)16-21(28)26-14-12-25(13-15-26)19-4-2-18(22)3-5-19/h2-7,9-10H,8,11-16H2,1H3. The minimum Gasteiger partial charge on any atom is -0.368 e. The molecular formula is C21H25FN4O2. The van der Waals surface area contributed by atoms with Crippen molar-refractivity contribution in [1.29, 1.82) is 0 Å². The number of amides is 2. The van der Waals surface area contributed by atoms with Crippen LogP contribution in [0, 0.1) is 5.82 Å². The van der Waals surface area contributed by atoms with Crippen LogP contribution < -0.4 is 4.90 Å². The fraction of sp³-hybridized carbons (Fsp3) is 0.381. The number of benzene rings is 1. The molecule has 0 aliphatic carbocycles. The number of halogens is 1. The molecule has 28 heavy (non-hydrogen) atoms. The minimum atomic E-state index is -0.260. The summed E-state index contributed by atoms with van der Waals surface area (Å²) in [6, 6.07) is 10.2. The maximum atomic E-state index is 13.0. The van der Waals surface area contributed by atoms with E-state index in [2.05, 4.69) is 9.88 Å². The second kappa shape index (κ2) is 9.30. The van der Waals surface area contributed by atoms with Crippen LogP contribution in [-0.2, 0) is 16.0 Å². The lowest BCUT2D eigenvalue weighted by Crippen LogP contribution is -2.49. The topological polar surface area (TPSA) is 56.8 Å². The second-order valence-electron chi connectivity index (χ2n) is 6.94. The van der Waals surface area contributed by atoms with Crippen molar-refractivity contribution in [2.24, 2.45) is 0 Å². The fourth-order valence-electron chi connectivity index (χ4n) is 3.21. The summed E-state index contributed by atoms with van der Waals surface area (Å²) in [5, 5.41) is 0. The number of nitrogens with zero attached hydrogens (tertiary/aromatic N) is 4. The van der Waals surface area contributed by atoms with Crippen molar-refractivity contribution in [2.45, 2.75) is 12.8 Å². The molecule has 6 nitrogen and oxygen atoms in total. The van der Waals surface area contributed by atoms with Crippen molar-refractivity contribution in [3.05, 3.63) is 60.2 Å². The number of hydrogen-bond acceptors (Lipinski definition) is 4. The minimum absolute atomic E-state index is 0.108. The van der Waals surface area contributed by atoms with Crippen LogP contribution in [0.1, 0.15) is 12.0 Å². The smallest absolute Gasteiger partial charge is 0.232 e. The van der Waals surface area contributed by atoms with Gasteiger partial charge in [-0.3, -0.25) is 14.6 Å². The Hall–Kier alpha value is -2.96. The summed E-state index contributed by atoms with van der Waals surface area (Å²) in [4.78, 5) is 34.3. The number of pyridine rings is 1. The largest absolute Gasteiger partial charge is 0.368 e. The number of aromatic nitrogens is 1. The summed E-state index contributed by atoms with van der Waals surface area (Å²) < 4.78 is 13.0. The predicted molar refractivity (Wildman–Crippen MR) is 105 cm³/mol. The van der Waals surface area contributed by atoms with Gasteiger partial charge in [0.25, 0.3) is 0 Å². The van der Waals surface area contributed by atoms with E-state index in [4.69, 9.17) is 0 Å². The first kappa shape index (κ1) is 19.8. The van der Waals surface area contributed by atoms with Crippen LogP contribution in [0.15, 0.2) is 48.8 Å². The Kier molecular flexibility index (Phi) is 6.57. The Bertz CT molecular complexity index is 790. The summed E-state index contributed by atoms with van der Waals surface area (Å²) in [5.41, 5.74) is 2.05. The van der Waals surface area contributed by atoms with Gasteiger partial charge >= 0.3 is 0 Å². The average Bonchev–Trinajstić information content (AvgIpc) is 2.73. The molecule has 0 spiro atoms. The Morgan fingerprint density at radius 3 is 2.32 bits per heavy atom. The van der Waals surface area contributed by atoms with Crippen LogP contribution in [0.25, 0.3) is 0 Å². The highest BCUT2D eigenvalue weighted by molar-refractivity contribution is 5.96. The first-order valence-corrected chi connectivity index (χ1v) is 9.44. The van der Waals surface area contributed by atoms with E-state index in [9.17, 15) is 14.0 Å². The quantitative estimate of drug-likeness (QED) is 0.715. The van der Waals surface area contributed by atoms with E-state index in [1.54, 1.807) is 41.4 Å². The molecule has 3 rings (SSSR count). The van der Waals surface area contributed by atoms with Gasteiger partial charge in [-0.15, -0.1) is 0 Å². The third-order valence-corrected chi connectivity index (χ3v) is 5.04. The third kappa shape index (κ3) is 5.28. The Balaban J connectivity index is 1.43. The Morgan fingerprint density at radius 1 is 1.04 bits per heavy atom. The van der Waals surface area contributed by atoms with Gasteiger partial charge in [0.2, 0.25) is 11.8 Å². The van der Waals surface area contributed by atoms with Gasteiger partial charge in [-0.25, -0.2) is 4.39 Å². The van der Waals surface area contributed by atoms with E-state index in [1.165, 1.54) is 12.1 Å². The number of hydrogen-bond donors (Lipinski definition) is 0. The molecule has 0 atom stereocenters. The van der Waals surface area contributed by atoms with E-state index in [1.807, 2.05) is 12.1 Å². The molecule has 1 aromatic carbocycles. The van der Waals surface area contributed by atoms with Crippen molar-refractivity contribution in [3.63, 3.8) is 0 Å². The van der Waals surface area contributed by atoms with Gasteiger partial charge in [0.05, 0.1) is 0 Å². The van der Waals surface area contributed by atoms with Crippen molar-refractivity contribution < 1.29 is 14.0 Å². The maximum absolute atomic E-state index is 13.0. The molecule has 2 amide bonds. The van der Waals surface area contributed by atoms with E-state index in [0.717, 1.165) is 17.7 Å². The zero-order valence-electron chi connectivity index (χ0n) is 16.1. The third-order valence-electron chi connectivity index (χ3n) is 5.04. The molecule has 0 N–H and O–H groups in total. The van der Waals surface area contributed by atoms with Crippen molar-refractivity contribution in [1.82, 2.24) is 14.8 Å². The fourth-order valence-corrected chi connectivity index (χ4v) is 3.21. The summed E-state index contributed by atoms with van der Waals surface area (Å²) in [5.74, 6) is -0.566. The number of anilines is 1. The molecule has 1 aliphatic heterocycles. The zero-order valence-corrected chi connectivity index (χ0v) is 16.1. The number of carbonyl (C=O) groups excluding carboxylic acids is 2. The molecule has 1 saturated heterocycles. The monoisotopic (exact) mass is 384 g/mol. The van der Waals surface area contributed by atoms with Crippen LogP contribution in [0.4, 0.5) is 10.1 Å². The van der Waals surface area contributed by atoms with Crippen molar-refractivity contribution >= 4 is 17.5 Å². The summed E-state index contributed by atoms with van der Waals surface area (Å²) >= 11 is 0. The molecule has 1 aromatic heterocycles. The number of piperazine rings is 1. The molecule has 0 bridgehead atoms. The molecule has 0 radical (unpaired) electrons. The van der Waals surface area contributed by atoms with Gasteiger partial charge in [-0.1, -0.05) is 0 Å². The first-order chi connectivity index (χ1) is 13.5. The van der Waals surface area contributed by atoms with Crippen LogP contribution in [-0.4, -0.2) is 66.4 Å². The van der Waals surface area contributed by atoms with Gasteiger partial charge in [0.15, 0.2) is 0 Å². The first-order valence-electron chi connectivity index (χ1n) is 9.44. The molecular weight excluding hydrogens is 359 g/mol. The van der Waals surface area contributed by atoms with Gasteiger partial charge in [-0.05, 0) is 48.4 Å². The average molecular weight is 384 g/mol. The zero-order chi connectivity index (χ0) is 19.9. The van der Waals surface area contributed by atoms with Crippen molar-refractivity contribution in [3.8, 4) is 0 Å². The van der Waals surface area contributed by atoms with E-state index >= 15 is 0 Å². The van der Waals surface area contributed by atoms with Crippen LogP contribution in [0.2, 0.25) is 0 Å². The molecule has 7 heteroatoms. The van der Waals surface area contributed by atoms with Gasteiger partial charge < -0.3 is 14.7 Å². The van der Waals surface area contributed by atoms with Crippen LogP contribution >= 0.6 is 0 Å². The highest BCUT2D eigenvalue weighted by atomic mass is 19.1. The number of rotatable bonds is 6. The normalized spacial score (nSPS) is 14.1. The van der Waals surface area contributed by atoms with E-state index in [0.29, 0.717) is 32.7 Å². The highest BCUT2D eigenvalue weighted by Gasteiger charge is 2.24. The molecule has 2 heterocycles. The lowest BCUT2D eigenvalue weighted by atomic mass is 10.2. The molecule has 1 aliphatic rings. The maximum Gasteiger partial charge on any atom is 0.232 e. The molecule has 148 valence electrons. The van der Waals surface area contributed by atoms with Gasteiger partial charge in [0.1, 0.15) is 12.2 Å². The lowest BCUT2D eigenvalue weighted by Gasteiger charge is -2.36. The SMILES string of the molecule is CN(CCc1ccncc1)C(=O)CC(=O)N1CCN(c2ccc(F)cc2)CC1.